The number of nitrogens with one attached hydrogen (secondary N) is 2. The molecule has 0 bridgehead atoms. The van der Waals surface area contributed by atoms with Crippen molar-refractivity contribution in [3.8, 4) is 0 Å². The molecule has 2 amide bonds. The number of nitro benzene ring substituents is 1. The number of para-hydroxylation sites is 1. The van der Waals surface area contributed by atoms with Crippen molar-refractivity contribution < 1.29 is 19.2 Å². The van der Waals surface area contributed by atoms with Gasteiger partial charge in [-0.1, -0.05) is 23.7 Å². The number of amidine groups is 1. The van der Waals surface area contributed by atoms with Crippen molar-refractivity contribution in [2.45, 2.75) is 13.3 Å². The summed E-state index contributed by atoms with van der Waals surface area (Å²) in [6.45, 7) is 1.82. The minimum absolute atomic E-state index is 0.132. The number of ether oxygens (including phenoxy) is 1. The summed E-state index contributed by atoms with van der Waals surface area (Å²) in [5.74, 6) is -0.318. The van der Waals surface area contributed by atoms with Crippen LogP contribution in [-0.4, -0.2) is 29.4 Å². The minimum Gasteiger partial charge on any atom is -0.449 e. The fourth-order valence-corrected chi connectivity index (χ4v) is 2.92. The Hall–Kier alpha value is -3.66. The molecule has 0 aromatic heterocycles. The van der Waals surface area contributed by atoms with Crippen LogP contribution in [0.5, 0.6) is 0 Å². The maximum atomic E-state index is 13.0. The molecule has 0 radical (unpaired) electrons. The number of hydrogen-bond acceptors (Lipinski definition) is 7. The van der Waals surface area contributed by atoms with E-state index in [4.69, 9.17) is 16.3 Å². The quantitative estimate of drug-likeness (QED) is 0.580. The van der Waals surface area contributed by atoms with E-state index in [2.05, 4.69) is 15.8 Å². The normalized spacial score (nSPS) is 13.1. The molecular weight excluding hydrogens is 402 g/mol. The average molecular weight is 418 g/mol. The van der Waals surface area contributed by atoms with E-state index in [0.29, 0.717) is 10.7 Å². The van der Waals surface area contributed by atoms with Crippen LogP contribution < -0.4 is 15.8 Å². The van der Waals surface area contributed by atoms with Gasteiger partial charge < -0.3 is 4.74 Å². The Kier molecular flexibility index (Phi) is 5.93. The van der Waals surface area contributed by atoms with Gasteiger partial charge >= 0.3 is 6.09 Å². The highest BCUT2D eigenvalue weighted by molar-refractivity contribution is 6.34. The number of benzene rings is 2. The number of non-ortho nitro benzene ring substituents is 1. The van der Waals surface area contributed by atoms with Gasteiger partial charge in [-0.05, 0) is 25.1 Å². The van der Waals surface area contributed by atoms with Crippen LogP contribution in [-0.2, 0) is 9.53 Å². The zero-order chi connectivity index (χ0) is 21.0. The van der Waals surface area contributed by atoms with Crippen molar-refractivity contribution in [2.24, 2.45) is 4.99 Å². The van der Waals surface area contributed by atoms with Crippen molar-refractivity contribution in [1.82, 2.24) is 10.9 Å². The number of carbonyl (C=O) groups is 2. The lowest BCUT2D eigenvalue weighted by Gasteiger charge is -2.23. The van der Waals surface area contributed by atoms with Gasteiger partial charge in [0.15, 0.2) is 0 Å². The zero-order valence-corrected chi connectivity index (χ0v) is 16.0. The Balaban J connectivity index is 2.05. The molecule has 2 aromatic rings. The van der Waals surface area contributed by atoms with Crippen LogP contribution in [0.15, 0.2) is 47.5 Å². The predicted octanol–water partition coefficient (Wildman–Crippen LogP) is 3.60. The number of nitrogens with zero attached hydrogens (tertiary/aromatic N) is 3. The Morgan fingerprint density at radius 2 is 2.07 bits per heavy atom. The van der Waals surface area contributed by atoms with Gasteiger partial charge in [-0.25, -0.2) is 15.2 Å². The van der Waals surface area contributed by atoms with Crippen molar-refractivity contribution in [3.63, 3.8) is 0 Å². The first-order valence-electron chi connectivity index (χ1n) is 8.53. The van der Waals surface area contributed by atoms with Gasteiger partial charge in [0, 0.05) is 12.1 Å². The fourth-order valence-electron chi connectivity index (χ4n) is 2.70. The summed E-state index contributed by atoms with van der Waals surface area (Å²) >= 11 is 6.26. The van der Waals surface area contributed by atoms with Gasteiger partial charge in [-0.15, -0.1) is 0 Å². The lowest BCUT2D eigenvalue weighted by molar-refractivity contribution is -0.384. The number of hydrazine groups is 1. The Labute approximate surface area is 170 Å². The number of aliphatic imine (C=N–C) groups is 1. The molecule has 11 heteroatoms. The topological polar surface area (TPSA) is 126 Å². The van der Waals surface area contributed by atoms with Gasteiger partial charge in [-0.2, -0.15) is 0 Å². The molecule has 1 aliphatic rings. The standard InChI is InChI=1S/C18H16ClN5O5/c1-2-29-18(26)22-21-16-10-17(25)23(14-6-4-3-5-12(14)19)15-9-11(24(27)28)7-8-13(15)20-16/h3-9H,2,10H2,1H3,(H,20,21)(H,22,26). The molecule has 0 fully saturated rings. The predicted molar refractivity (Wildman–Crippen MR) is 107 cm³/mol. The Morgan fingerprint density at radius 1 is 1.31 bits per heavy atom. The third-order valence-electron chi connectivity index (χ3n) is 3.91. The monoisotopic (exact) mass is 417 g/mol. The first-order valence-corrected chi connectivity index (χ1v) is 8.90. The highest BCUT2D eigenvalue weighted by atomic mass is 35.5. The molecule has 0 spiro atoms. The van der Waals surface area contributed by atoms with E-state index in [1.807, 2.05) is 0 Å². The average Bonchev–Trinajstić information content (AvgIpc) is 2.82. The van der Waals surface area contributed by atoms with Crippen molar-refractivity contribution in [3.05, 3.63) is 57.6 Å². The minimum atomic E-state index is -0.737. The molecule has 1 aliphatic heterocycles. The van der Waals surface area contributed by atoms with Gasteiger partial charge in [-0.3, -0.25) is 25.2 Å². The molecule has 0 saturated heterocycles. The molecular formula is C18H16ClN5O5. The highest BCUT2D eigenvalue weighted by Gasteiger charge is 2.29. The summed E-state index contributed by atoms with van der Waals surface area (Å²) in [6.07, 6.45) is -0.959. The van der Waals surface area contributed by atoms with E-state index in [-0.39, 0.29) is 35.9 Å². The number of hydrogen-bond donors (Lipinski definition) is 2. The summed E-state index contributed by atoms with van der Waals surface area (Å²) in [7, 11) is 0. The summed E-state index contributed by atoms with van der Waals surface area (Å²) in [5, 5.41) is 11.5. The van der Waals surface area contributed by atoms with Crippen molar-refractivity contribution >= 4 is 52.2 Å². The maximum Gasteiger partial charge on any atom is 0.425 e. The fraction of sp³-hybridized carbons (Fsp3) is 0.167. The van der Waals surface area contributed by atoms with Crippen molar-refractivity contribution in [1.29, 1.82) is 0 Å². The third kappa shape index (κ3) is 4.43. The molecule has 2 aromatic carbocycles. The van der Waals surface area contributed by atoms with E-state index >= 15 is 0 Å². The highest BCUT2D eigenvalue weighted by Crippen LogP contribution is 2.41. The lowest BCUT2D eigenvalue weighted by atomic mass is 10.2. The second kappa shape index (κ2) is 8.57. The Morgan fingerprint density at radius 3 is 2.76 bits per heavy atom. The Bertz CT molecular complexity index is 1010. The zero-order valence-electron chi connectivity index (χ0n) is 15.2. The number of rotatable bonds is 3. The number of anilines is 2. The van der Waals surface area contributed by atoms with Crippen LogP contribution in [0.1, 0.15) is 13.3 Å². The number of fused-ring (bicyclic) bond motifs is 1. The van der Waals surface area contributed by atoms with Gasteiger partial charge in [0.2, 0.25) is 5.91 Å². The van der Waals surface area contributed by atoms with Crippen LogP contribution in [0.3, 0.4) is 0 Å². The molecule has 2 N–H and O–H groups in total. The summed E-state index contributed by atoms with van der Waals surface area (Å²) in [5.41, 5.74) is 5.47. The first kappa shape index (κ1) is 20.1. The molecule has 3 rings (SSSR count). The second-order valence-corrected chi connectivity index (χ2v) is 6.22. The number of halogens is 1. The van der Waals surface area contributed by atoms with Gasteiger partial charge in [0.1, 0.15) is 5.84 Å². The van der Waals surface area contributed by atoms with Crippen LogP contribution >= 0.6 is 11.6 Å². The first-order chi connectivity index (χ1) is 13.9. The smallest absolute Gasteiger partial charge is 0.425 e. The summed E-state index contributed by atoms with van der Waals surface area (Å²) < 4.78 is 4.75. The van der Waals surface area contributed by atoms with Crippen LogP contribution in [0.4, 0.5) is 27.5 Å². The second-order valence-electron chi connectivity index (χ2n) is 5.82. The molecule has 1 heterocycles. The number of carbonyl (C=O) groups excluding carboxylic acids is 2. The van der Waals surface area contributed by atoms with Crippen LogP contribution in [0, 0.1) is 10.1 Å². The molecule has 0 unspecified atom stereocenters. The number of amides is 2. The molecule has 0 saturated carbocycles. The van der Waals surface area contributed by atoms with Gasteiger partial charge in [0.25, 0.3) is 5.69 Å². The maximum absolute atomic E-state index is 13.0. The molecule has 0 atom stereocenters. The molecule has 10 nitrogen and oxygen atoms in total. The SMILES string of the molecule is CCOC(=O)NNC1=Nc2ccc([N+](=O)[O-])cc2N(c2ccccc2Cl)C(=O)C1. The molecule has 0 aliphatic carbocycles. The van der Waals surface area contributed by atoms with E-state index in [9.17, 15) is 19.7 Å². The summed E-state index contributed by atoms with van der Waals surface area (Å²) in [6, 6.07) is 10.6. The molecule has 29 heavy (non-hydrogen) atoms. The molecule has 150 valence electrons. The van der Waals surface area contributed by atoms with Crippen LogP contribution in [0.2, 0.25) is 5.02 Å². The van der Waals surface area contributed by atoms with Crippen molar-refractivity contribution in [2.75, 3.05) is 11.5 Å². The lowest BCUT2D eigenvalue weighted by Crippen LogP contribution is -2.43. The van der Waals surface area contributed by atoms with E-state index in [0.717, 1.165) is 0 Å². The van der Waals surface area contributed by atoms with E-state index in [1.165, 1.54) is 23.1 Å². The van der Waals surface area contributed by atoms with Gasteiger partial charge in [0.05, 0.1) is 40.0 Å². The van der Waals surface area contributed by atoms with E-state index in [1.54, 1.807) is 31.2 Å². The number of nitro groups is 1. The third-order valence-corrected chi connectivity index (χ3v) is 4.23. The largest absolute Gasteiger partial charge is 0.449 e. The van der Waals surface area contributed by atoms with E-state index < -0.39 is 16.9 Å². The summed E-state index contributed by atoms with van der Waals surface area (Å²) in [4.78, 5) is 40.8. The van der Waals surface area contributed by atoms with Crippen LogP contribution in [0.25, 0.3) is 0 Å².